The second-order valence-corrected chi connectivity index (χ2v) is 8.60. The molecule has 136 valence electrons. The Labute approximate surface area is 170 Å². The Hall–Kier alpha value is -2.07. The van der Waals surface area contributed by atoms with Crippen molar-refractivity contribution >= 4 is 62.3 Å². The van der Waals surface area contributed by atoms with Gasteiger partial charge < -0.3 is 4.57 Å². The highest BCUT2D eigenvalue weighted by Crippen LogP contribution is 2.35. The van der Waals surface area contributed by atoms with Crippen molar-refractivity contribution in [3.8, 4) is 0 Å². The number of carbonyl (C=O) groups is 1. The maximum absolute atomic E-state index is 14.5. The van der Waals surface area contributed by atoms with E-state index >= 15 is 0 Å². The van der Waals surface area contributed by atoms with Gasteiger partial charge >= 0.3 is 0 Å². The largest absolute Gasteiger partial charge is 0.340 e. The molecule has 0 N–H and O–H groups in total. The fraction of sp³-hybridized carbons (Fsp3) is 0.0952. The third-order valence-electron chi connectivity index (χ3n) is 4.52. The molecule has 6 heteroatoms. The summed E-state index contributed by atoms with van der Waals surface area (Å²) in [5.74, 6) is -1.11. The molecule has 27 heavy (non-hydrogen) atoms. The molecule has 0 aliphatic carbocycles. The molecule has 0 bridgehead atoms. The lowest BCUT2D eigenvalue weighted by atomic mass is 10.1. The molecule has 0 unspecified atom stereocenters. The highest BCUT2D eigenvalue weighted by atomic mass is 35.6. The van der Waals surface area contributed by atoms with Gasteiger partial charge in [-0.1, -0.05) is 83.3 Å². The van der Waals surface area contributed by atoms with Crippen LogP contribution in [0.4, 0.5) is 4.39 Å². The van der Waals surface area contributed by atoms with Crippen LogP contribution in [0.25, 0.3) is 21.7 Å². The normalized spacial score (nSPS) is 12.0. The summed E-state index contributed by atoms with van der Waals surface area (Å²) in [5.41, 5.74) is 1.47. The number of alkyl halides is 3. The Morgan fingerprint density at radius 1 is 0.963 bits per heavy atom. The van der Waals surface area contributed by atoms with E-state index in [1.807, 2.05) is 42.5 Å². The maximum atomic E-state index is 14.5. The van der Waals surface area contributed by atoms with Gasteiger partial charge in [-0.3, -0.25) is 4.79 Å². The van der Waals surface area contributed by atoms with Gasteiger partial charge in [-0.2, -0.15) is 0 Å². The molecular weight excluding hydrogens is 408 g/mol. The number of carbonyl (C=O) groups excluding carboxylic acids is 1. The highest BCUT2D eigenvalue weighted by Gasteiger charge is 2.34. The van der Waals surface area contributed by atoms with E-state index in [1.165, 1.54) is 12.1 Å². The van der Waals surface area contributed by atoms with E-state index < -0.39 is 15.4 Å². The van der Waals surface area contributed by atoms with E-state index in [0.717, 1.165) is 16.3 Å². The predicted molar refractivity (Wildman–Crippen MR) is 110 cm³/mol. The fourth-order valence-electron chi connectivity index (χ4n) is 3.31. The average Bonchev–Trinajstić information content (AvgIpc) is 3.00. The maximum Gasteiger partial charge on any atom is 0.253 e. The first kappa shape index (κ1) is 18.3. The number of aromatic nitrogens is 1. The summed E-state index contributed by atoms with van der Waals surface area (Å²) in [5, 5.41) is 2.63. The molecule has 0 amide bonds. The first-order chi connectivity index (χ1) is 12.8. The predicted octanol–water partition coefficient (Wildman–Crippen LogP) is 6.53. The molecule has 0 aliphatic heterocycles. The Balaban J connectivity index is 1.84. The van der Waals surface area contributed by atoms with Gasteiger partial charge in [-0.05, 0) is 28.5 Å². The van der Waals surface area contributed by atoms with Crippen LogP contribution in [0.1, 0.15) is 15.9 Å². The SMILES string of the molecule is O=C(c1cn(Cc2ccc3ccccc3c2)c2c(F)cccc12)C(Cl)(Cl)Cl. The van der Waals surface area contributed by atoms with Crippen molar-refractivity contribution in [3.63, 3.8) is 0 Å². The van der Waals surface area contributed by atoms with Gasteiger partial charge in [0.1, 0.15) is 5.82 Å². The van der Waals surface area contributed by atoms with Gasteiger partial charge in [0.05, 0.1) is 5.52 Å². The van der Waals surface area contributed by atoms with Gasteiger partial charge in [0.25, 0.3) is 3.79 Å². The molecule has 0 aliphatic rings. The molecule has 4 rings (SSSR count). The number of rotatable bonds is 3. The lowest BCUT2D eigenvalue weighted by molar-refractivity contribution is 0.0997. The summed E-state index contributed by atoms with van der Waals surface area (Å²) in [6.07, 6.45) is 1.55. The topological polar surface area (TPSA) is 22.0 Å². The lowest BCUT2D eigenvalue weighted by Crippen LogP contribution is -2.18. The zero-order valence-electron chi connectivity index (χ0n) is 13.9. The first-order valence-electron chi connectivity index (χ1n) is 8.21. The van der Waals surface area contributed by atoms with Crippen LogP contribution in [0.5, 0.6) is 0 Å². The van der Waals surface area contributed by atoms with E-state index in [1.54, 1.807) is 16.8 Å². The van der Waals surface area contributed by atoms with Crippen LogP contribution in [0.3, 0.4) is 0 Å². The van der Waals surface area contributed by atoms with Crippen molar-refractivity contribution in [2.45, 2.75) is 10.3 Å². The monoisotopic (exact) mass is 419 g/mol. The number of hydrogen-bond acceptors (Lipinski definition) is 1. The second-order valence-electron chi connectivity index (χ2n) is 6.32. The van der Waals surface area contributed by atoms with Crippen LogP contribution in [0.2, 0.25) is 0 Å². The molecule has 1 aromatic heterocycles. The Morgan fingerprint density at radius 2 is 1.70 bits per heavy atom. The van der Waals surface area contributed by atoms with Crippen molar-refractivity contribution in [1.29, 1.82) is 0 Å². The molecule has 0 saturated carbocycles. The molecule has 0 radical (unpaired) electrons. The zero-order valence-corrected chi connectivity index (χ0v) is 16.2. The summed E-state index contributed by atoms with van der Waals surface area (Å²) < 4.78 is 14.1. The highest BCUT2D eigenvalue weighted by molar-refractivity contribution is 6.77. The van der Waals surface area contributed by atoms with Crippen LogP contribution in [0, 0.1) is 5.82 Å². The second kappa shape index (κ2) is 6.83. The first-order valence-corrected chi connectivity index (χ1v) is 9.34. The number of halogens is 4. The number of benzene rings is 3. The summed E-state index contributed by atoms with van der Waals surface area (Å²) in [4.78, 5) is 12.5. The number of fused-ring (bicyclic) bond motifs is 2. The molecule has 0 fully saturated rings. The van der Waals surface area contributed by atoms with Gasteiger partial charge in [-0.15, -0.1) is 0 Å². The Morgan fingerprint density at radius 3 is 2.44 bits per heavy atom. The zero-order chi connectivity index (χ0) is 19.2. The van der Waals surface area contributed by atoms with E-state index in [0.29, 0.717) is 17.4 Å². The lowest BCUT2D eigenvalue weighted by Gasteiger charge is -2.08. The average molecular weight is 421 g/mol. The van der Waals surface area contributed by atoms with E-state index in [-0.39, 0.29) is 5.56 Å². The van der Waals surface area contributed by atoms with Gasteiger partial charge in [0.2, 0.25) is 5.78 Å². The van der Waals surface area contributed by atoms with Crippen molar-refractivity contribution in [2.24, 2.45) is 0 Å². The number of nitrogens with zero attached hydrogens (tertiary/aromatic N) is 1. The molecule has 1 heterocycles. The molecule has 4 aromatic rings. The Kier molecular flexibility index (Phi) is 4.63. The van der Waals surface area contributed by atoms with Crippen molar-refractivity contribution < 1.29 is 9.18 Å². The number of ketones is 1. The fourth-order valence-corrected chi connectivity index (χ4v) is 3.61. The van der Waals surface area contributed by atoms with Crippen LogP contribution in [-0.4, -0.2) is 14.1 Å². The molecule has 3 aromatic carbocycles. The van der Waals surface area contributed by atoms with E-state index in [2.05, 4.69) is 0 Å². The van der Waals surface area contributed by atoms with Crippen LogP contribution < -0.4 is 0 Å². The van der Waals surface area contributed by atoms with Gasteiger partial charge in [-0.25, -0.2) is 4.39 Å². The molecule has 0 spiro atoms. The third kappa shape index (κ3) is 3.43. The molecule has 0 atom stereocenters. The Bertz CT molecular complexity index is 1180. The minimum Gasteiger partial charge on any atom is -0.340 e. The molecule has 0 saturated heterocycles. The van der Waals surface area contributed by atoms with Gasteiger partial charge in [0.15, 0.2) is 0 Å². The summed E-state index contributed by atoms with van der Waals surface area (Å²) in [6, 6.07) is 18.6. The quantitative estimate of drug-likeness (QED) is 0.273. The van der Waals surface area contributed by atoms with Crippen molar-refractivity contribution in [1.82, 2.24) is 4.57 Å². The van der Waals surface area contributed by atoms with E-state index in [4.69, 9.17) is 34.8 Å². The number of para-hydroxylation sites is 1. The number of hydrogen-bond donors (Lipinski definition) is 0. The van der Waals surface area contributed by atoms with E-state index in [9.17, 15) is 9.18 Å². The van der Waals surface area contributed by atoms with Crippen LogP contribution in [0.15, 0.2) is 66.9 Å². The summed E-state index contributed by atoms with van der Waals surface area (Å²) in [6.45, 7) is 0.384. The van der Waals surface area contributed by atoms with Crippen molar-refractivity contribution in [2.75, 3.05) is 0 Å². The standard InChI is InChI=1S/C21H13Cl3FNO/c22-21(23,24)20(27)17-12-26(19-16(17)6-3-7-18(19)25)11-13-8-9-14-4-1-2-5-15(14)10-13/h1-10,12H,11H2. The smallest absolute Gasteiger partial charge is 0.253 e. The van der Waals surface area contributed by atoms with Crippen LogP contribution in [-0.2, 0) is 6.54 Å². The minimum absolute atomic E-state index is 0.185. The molecule has 2 nitrogen and oxygen atoms in total. The van der Waals surface area contributed by atoms with Crippen molar-refractivity contribution in [3.05, 3.63) is 83.8 Å². The summed E-state index contributed by atoms with van der Waals surface area (Å²) in [7, 11) is 0. The summed E-state index contributed by atoms with van der Waals surface area (Å²) >= 11 is 17.3. The van der Waals surface area contributed by atoms with Crippen LogP contribution >= 0.6 is 34.8 Å². The van der Waals surface area contributed by atoms with Gasteiger partial charge in [0, 0.05) is 23.7 Å². The third-order valence-corrected chi connectivity index (χ3v) is 5.03. The molecular formula is C21H13Cl3FNO. The number of Topliss-reactive ketones (excluding diaryl/α,β-unsaturated/α-hetero) is 1. The minimum atomic E-state index is -2.10.